The molecule has 4 aromatic rings. The summed E-state index contributed by atoms with van der Waals surface area (Å²) in [6.45, 7) is 5.57. The standard InChI is InChI=1S/C26H23ClN2O3S2/c1-14-13-29-22(15(2)28-26(29)33-14)7-5-19(31)4-6-20-11-18-10-17(12-21(27)25(18)32-20)24-9-8-23(34-24)16(3)30/h5,7-10,12-13,20H,4,6,11H2,1-3H3/b7-5+. The van der Waals surface area contributed by atoms with Gasteiger partial charge >= 0.3 is 0 Å². The van der Waals surface area contributed by atoms with Gasteiger partial charge in [-0.2, -0.15) is 0 Å². The predicted molar refractivity (Wildman–Crippen MR) is 139 cm³/mol. The summed E-state index contributed by atoms with van der Waals surface area (Å²) in [7, 11) is 0. The van der Waals surface area contributed by atoms with Gasteiger partial charge in [0, 0.05) is 34.4 Å². The van der Waals surface area contributed by atoms with Crippen molar-refractivity contribution in [2.75, 3.05) is 0 Å². The Bertz CT molecular complexity index is 1460. The molecule has 0 aliphatic carbocycles. The zero-order valence-corrected chi connectivity index (χ0v) is 21.4. The van der Waals surface area contributed by atoms with Crippen LogP contribution in [0.2, 0.25) is 5.02 Å². The normalized spacial score (nSPS) is 15.2. The number of thiophene rings is 1. The molecule has 0 saturated heterocycles. The van der Waals surface area contributed by atoms with E-state index in [1.54, 1.807) is 24.3 Å². The summed E-state index contributed by atoms with van der Waals surface area (Å²) >= 11 is 9.62. The molecule has 174 valence electrons. The average molecular weight is 511 g/mol. The summed E-state index contributed by atoms with van der Waals surface area (Å²) in [6, 6.07) is 7.76. The second-order valence-corrected chi connectivity index (χ2v) is 11.2. The van der Waals surface area contributed by atoms with Crippen LogP contribution < -0.4 is 4.74 Å². The van der Waals surface area contributed by atoms with E-state index in [-0.39, 0.29) is 17.7 Å². The smallest absolute Gasteiger partial charge is 0.194 e. The lowest BCUT2D eigenvalue weighted by molar-refractivity contribution is -0.115. The van der Waals surface area contributed by atoms with Crippen molar-refractivity contribution in [3.63, 3.8) is 0 Å². The van der Waals surface area contributed by atoms with Crippen LogP contribution in [0, 0.1) is 13.8 Å². The minimum Gasteiger partial charge on any atom is -0.488 e. The van der Waals surface area contributed by atoms with Crippen molar-refractivity contribution in [2.45, 2.75) is 46.1 Å². The first-order valence-electron chi connectivity index (χ1n) is 11.0. The van der Waals surface area contributed by atoms with Gasteiger partial charge < -0.3 is 4.74 Å². The number of hydrogen-bond acceptors (Lipinski definition) is 6. The monoisotopic (exact) mass is 510 g/mol. The molecule has 0 fully saturated rings. The molecule has 5 rings (SSSR count). The number of allylic oxidation sites excluding steroid dienone is 1. The number of nitrogens with zero attached hydrogens (tertiary/aromatic N) is 2. The third-order valence-corrected chi connectivity index (χ3v) is 8.31. The number of rotatable bonds is 7. The molecule has 0 N–H and O–H groups in total. The molecule has 5 nitrogen and oxygen atoms in total. The fourth-order valence-corrected chi connectivity index (χ4v) is 6.26. The maximum atomic E-state index is 12.6. The van der Waals surface area contributed by atoms with E-state index >= 15 is 0 Å². The maximum Gasteiger partial charge on any atom is 0.194 e. The number of thiazole rings is 1. The number of carbonyl (C=O) groups excluding carboxylic acids is 2. The van der Waals surface area contributed by atoms with Gasteiger partial charge in [0.25, 0.3) is 0 Å². The van der Waals surface area contributed by atoms with Crippen LogP contribution in [0.4, 0.5) is 0 Å². The van der Waals surface area contributed by atoms with Gasteiger partial charge in [-0.05, 0) is 69.2 Å². The lowest BCUT2D eigenvalue weighted by atomic mass is 10.0. The Morgan fingerprint density at radius 2 is 2.09 bits per heavy atom. The largest absolute Gasteiger partial charge is 0.488 e. The quantitative estimate of drug-likeness (QED) is 0.199. The van der Waals surface area contributed by atoms with Crippen molar-refractivity contribution in [1.29, 1.82) is 0 Å². The summed E-state index contributed by atoms with van der Waals surface area (Å²) in [5.41, 5.74) is 3.88. The fraction of sp³-hybridized carbons (Fsp3) is 0.269. The molecule has 1 atom stereocenters. The van der Waals surface area contributed by atoms with E-state index < -0.39 is 0 Å². The molecule has 8 heteroatoms. The molecule has 1 aliphatic heterocycles. The lowest BCUT2D eigenvalue weighted by Gasteiger charge is -2.10. The van der Waals surface area contributed by atoms with E-state index in [2.05, 4.69) is 11.1 Å². The Hall–Kier alpha value is -2.74. The predicted octanol–water partition coefficient (Wildman–Crippen LogP) is 6.96. The molecule has 4 heterocycles. The highest BCUT2D eigenvalue weighted by atomic mass is 35.5. The van der Waals surface area contributed by atoms with Crippen LogP contribution in [0.5, 0.6) is 5.75 Å². The molecule has 0 bridgehead atoms. The Kier molecular flexibility index (Phi) is 6.18. The van der Waals surface area contributed by atoms with E-state index in [0.717, 1.165) is 37.2 Å². The third kappa shape index (κ3) is 4.48. The zero-order chi connectivity index (χ0) is 24.0. The van der Waals surface area contributed by atoms with E-state index in [1.165, 1.54) is 16.2 Å². The summed E-state index contributed by atoms with van der Waals surface area (Å²) in [6.07, 6.45) is 7.18. The Labute approximate surface area is 210 Å². The fourth-order valence-electron chi connectivity index (χ4n) is 4.21. The number of hydrogen-bond donors (Lipinski definition) is 0. The van der Waals surface area contributed by atoms with Crippen molar-refractivity contribution in [1.82, 2.24) is 9.38 Å². The van der Waals surface area contributed by atoms with Crippen LogP contribution in [0.3, 0.4) is 0 Å². The van der Waals surface area contributed by atoms with E-state index in [9.17, 15) is 9.59 Å². The van der Waals surface area contributed by atoms with Crippen LogP contribution in [0.15, 0.2) is 36.5 Å². The second-order valence-electron chi connectivity index (χ2n) is 8.53. The molecule has 1 unspecified atom stereocenters. The highest BCUT2D eigenvalue weighted by molar-refractivity contribution is 7.17. The number of fused-ring (bicyclic) bond motifs is 2. The molecular formula is C26H23ClN2O3S2. The SMILES string of the molecule is CC(=O)c1ccc(-c2cc(Cl)c3c(c2)CC(CCC(=O)/C=C/c2c(C)nc4sc(C)cn24)O3)s1. The van der Waals surface area contributed by atoms with Crippen LogP contribution in [-0.2, 0) is 11.2 Å². The van der Waals surface area contributed by atoms with Gasteiger partial charge in [-0.3, -0.25) is 14.0 Å². The summed E-state index contributed by atoms with van der Waals surface area (Å²) in [4.78, 5) is 32.6. The van der Waals surface area contributed by atoms with Crippen molar-refractivity contribution >= 4 is 56.9 Å². The van der Waals surface area contributed by atoms with E-state index in [1.807, 2.05) is 48.7 Å². The summed E-state index contributed by atoms with van der Waals surface area (Å²) in [5, 5.41) is 0.560. The van der Waals surface area contributed by atoms with E-state index in [0.29, 0.717) is 30.0 Å². The minimum atomic E-state index is -0.0841. The van der Waals surface area contributed by atoms with Crippen molar-refractivity contribution < 1.29 is 14.3 Å². The molecule has 1 aliphatic rings. The highest BCUT2D eigenvalue weighted by Gasteiger charge is 2.26. The number of imidazole rings is 1. The average Bonchev–Trinajstić information content (AvgIpc) is 3.54. The Morgan fingerprint density at radius 3 is 2.85 bits per heavy atom. The minimum absolute atomic E-state index is 0.0583. The number of ether oxygens (including phenoxy) is 1. The van der Waals surface area contributed by atoms with Crippen molar-refractivity contribution in [2.24, 2.45) is 0 Å². The van der Waals surface area contributed by atoms with Gasteiger partial charge in [0.1, 0.15) is 11.9 Å². The molecule has 34 heavy (non-hydrogen) atoms. The van der Waals surface area contributed by atoms with Crippen LogP contribution in [0.25, 0.3) is 21.5 Å². The third-order valence-electron chi connectivity index (χ3n) is 5.89. The Morgan fingerprint density at radius 1 is 1.26 bits per heavy atom. The number of halogens is 1. The molecule has 0 saturated carbocycles. The maximum absolute atomic E-state index is 12.6. The lowest BCUT2D eigenvalue weighted by Crippen LogP contribution is -2.14. The molecular weight excluding hydrogens is 488 g/mol. The van der Waals surface area contributed by atoms with Gasteiger partial charge in [0.15, 0.2) is 16.5 Å². The van der Waals surface area contributed by atoms with Gasteiger partial charge in [-0.15, -0.1) is 22.7 Å². The van der Waals surface area contributed by atoms with Crippen LogP contribution >= 0.6 is 34.3 Å². The van der Waals surface area contributed by atoms with Gasteiger partial charge in [-0.25, -0.2) is 4.98 Å². The first kappa shape index (κ1) is 23.0. The van der Waals surface area contributed by atoms with Gasteiger partial charge in [0.05, 0.1) is 21.3 Å². The van der Waals surface area contributed by atoms with Gasteiger partial charge in [0.2, 0.25) is 0 Å². The second kappa shape index (κ2) is 9.13. The first-order chi connectivity index (χ1) is 16.3. The summed E-state index contributed by atoms with van der Waals surface area (Å²) < 4.78 is 8.11. The number of carbonyl (C=O) groups is 2. The topological polar surface area (TPSA) is 60.7 Å². The van der Waals surface area contributed by atoms with Gasteiger partial charge in [-0.1, -0.05) is 11.6 Å². The summed E-state index contributed by atoms with van der Waals surface area (Å²) in [5.74, 6) is 0.818. The Balaban J connectivity index is 1.23. The molecule has 3 aromatic heterocycles. The first-order valence-corrected chi connectivity index (χ1v) is 13.1. The van der Waals surface area contributed by atoms with E-state index in [4.69, 9.17) is 16.3 Å². The molecule has 0 amide bonds. The highest BCUT2D eigenvalue weighted by Crippen LogP contribution is 2.41. The number of aromatic nitrogens is 2. The van der Waals surface area contributed by atoms with Crippen molar-refractivity contribution in [3.05, 3.63) is 68.3 Å². The van der Waals surface area contributed by atoms with Crippen molar-refractivity contribution in [3.8, 4) is 16.2 Å². The number of ketones is 2. The number of Topliss-reactive ketones (excluding diaryl/α,β-unsaturated/α-hetero) is 1. The van der Waals surface area contributed by atoms with Crippen LogP contribution in [0.1, 0.15) is 51.3 Å². The zero-order valence-electron chi connectivity index (χ0n) is 19.1. The number of aryl methyl sites for hydroxylation is 2. The molecule has 0 radical (unpaired) electrons. The molecule has 1 aromatic carbocycles. The number of benzene rings is 1. The molecule has 0 spiro atoms. The van der Waals surface area contributed by atoms with Crippen LogP contribution in [-0.4, -0.2) is 27.1 Å².